The van der Waals surface area contributed by atoms with Gasteiger partial charge < -0.3 is 19.7 Å². The maximum Gasteiger partial charge on any atom is 0.358 e. The van der Waals surface area contributed by atoms with E-state index in [1.165, 1.54) is 6.07 Å². The molecule has 6 nitrogen and oxygen atoms in total. The largest absolute Gasteiger partial charge is 0.491 e. The minimum atomic E-state index is -1.10. The highest BCUT2D eigenvalue weighted by atomic mass is 16.5. The lowest BCUT2D eigenvalue weighted by Gasteiger charge is -2.13. The molecule has 0 spiro atoms. The molecular weight excluding hydrogens is 272 g/mol. The van der Waals surface area contributed by atoms with Crippen molar-refractivity contribution < 1.29 is 19.2 Å². The van der Waals surface area contributed by atoms with E-state index >= 15 is 0 Å². The van der Waals surface area contributed by atoms with Gasteiger partial charge in [0.2, 0.25) is 0 Å². The molecule has 0 saturated carbocycles. The average Bonchev–Trinajstić information content (AvgIpc) is 2.94. The summed E-state index contributed by atoms with van der Waals surface area (Å²) in [5.74, 6) is 0.146. The number of hydrogen-bond acceptors (Lipinski definition) is 5. The number of hydrogen-bond donors (Lipinski definition) is 2. The number of carboxylic acids is 1. The van der Waals surface area contributed by atoms with Gasteiger partial charge >= 0.3 is 5.97 Å². The zero-order chi connectivity index (χ0) is 15.2. The zero-order valence-corrected chi connectivity index (χ0v) is 12.0. The highest BCUT2D eigenvalue weighted by Gasteiger charge is 2.10. The van der Waals surface area contributed by atoms with Crippen LogP contribution in [0.15, 0.2) is 34.9 Å². The lowest BCUT2D eigenvalue weighted by molar-refractivity contribution is 0.0685. The fourth-order valence-corrected chi connectivity index (χ4v) is 1.68. The number of benzene rings is 1. The first-order valence-corrected chi connectivity index (χ1v) is 6.78. The molecule has 0 fully saturated rings. The van der Waals surface area contributed by atoms with Crippen molar-refractivity contribution in [3.63, 3.8) is 0 Å². The van der Waals surface area contributed by atoms with Crippen LogP contribution >= 0.6 is 0 Å². The number of rotatable bonds is 7. The summed E-state index contributed by atoms with van der Waals surface area (Å²) < 4.78 is 10.7. The third-order valence-electron chi connectivity index (χ3n) is 2.99. The van der Waals surface area contributed by atoms with Gasteiger partial charge in [0, 0.05) is 17.8 Å². The summed E-state index contributed by atoms with van der Waals surface area (Å²) in [5, 5.41) is 15.4. The van der Waals surface area contributed by atoms with Crippen LogP contribution in [0.3, 0.4) is 0 Å². The zero-order valence-electron chi connectivity index (χ0n) is 12.0. The van der Waals surface area contributed by atoms with Gasteiger partial charge in [-0.15, -0.1) is 0 Å². The van der Waals surface area contributed by atoms with Crippen LogP contribution in [-0.4, -0.2) is 22.3 Å². The number of nitrogens with one attached hydrogen (secondary N) is 1. The fraction of sp³-hybridized carbons (Fsp3) is 0.333. The van der Waals surface area contributed by atoms with Gasteiger partial charge in [0.25, 0.3) is 0 Å². The highest BCUT2D eigenvalue weighted by molar-refractivity contribution is 5.85. The second-order valence-corrected chi connectivity index (χ2v) is 4.70. The fourth-order valence-electron chi connectivity index (χ4n) is 1.68. The molecule has 112 valence electrons. The van der Waals surface area contributed by atoms with Gasteiger partial charge in [0.1, 0.15) is 5.75 Å². The molecule has 0 saturated heterocycles. The summed E-state index contributed by atoms with van der Waals surface area (Å²) in [5.41, 5.74) is 0.768. The van der Waals surface area contributed by atoms with Crippen LogP contribution in [0.1, 0.15) is 36.5 Å². The quantitative estimate of drug-likeness (QED) is 0.814. The first kappa shape index (κ1) is 14.9. The molecule has 2 N–H and O–H groups in total. The molecule has 21 heavy (non-hydrogen) atoms. The number of aromatic nitrogens is 1. The van der Waals surface area contributed by atoms with E-state index in [0.29, 0.717) is 12.3 Å². The van der Waals surface area contributed by atoms with E-state index in [0.717, 1.165) is 17.9 Å². The molecule has 6 heteroatoms. The van der Waals surface area contributed by atoms with E-state index in [9.17, 15) is 4.79 Å². The van der Waals surface area contributed by atoms with E-state index in [1.54, 1.807) is 0 Å². The van der Waals surface area contributed by atoms with Gasteiger partial charge in [-0.1, -0.05) is 18.1 Å². The number of nitrogens with zero attached hydrogens (tertiary/aromatic N) is 1. The number of carboxylic acid groups (broad SMARTS) is 1. The van der Waals surface area contributed by atoms with E-state index in [1.807, 2.05) is 31.2 Å². The van der Waals surface area contributed by atoms with Crippen LogP contribution in [0.25, 0.3) is 0 Å². The third-order valence-corrected chi connectivity index (χ3v) is 2.99. The second-order valence-electron chi connectivity index (χ2n) is 4.70. The molecule has 2 rings (SSSR count). The van der Waals surface area contributed by atoms with Crippen molar-refractivity contribution >= 4 is 11.7 Å². The Morgan fingerprint density at radius 2 is 2.29 bits per heavy atom. The normalized spacial score (nSPS) is 11.9. The molecule has 0 bridgehead atoms. The molecule has 0 aliphatic carbocycles. The highest BCUT2D eigenvalue weighted by Crippen LogP contribution is 2.20. The van der Waals surface area contributed by atoms with Gasteiger partial charge in [-0.3, -0.25) is 0 Å². The maximum absolute atomic E-state index is 10.7. The van der Waals surface area contributed by atoms with Crippen molar-refractivity contribution in [3.05, 3.63) is 41.8 Å². The van der Waals surface area contributed by atoms with Crippen LogP contribution < -0.4 is 10.1 Å². The van der Waals surface area contributed by atoms with Crippen LogP contribution in [-0.2, 0) is 6.54 Å². The Balaban J connectivity index is 1.96. The monoisotopic (exact) mass is 290 g/mol. The Bertz CT molecular complexity index is 609. The third kappa shape index (κ3) is 4.24. The molecule has 1 unspecified atom stereocenters. The molecule has 1 aromatic heterocycles. The molecule has 1 aromatic carbocycles. The van der Waals surface area contributed by atoms with Crippen molar-refractivity contribution in [1.82, 2.24) is 5.16 Å². The van der Waals surface area contributed by atoms with Gasteiger partial charge in [0.15, 0.2) is 11.5 Å². The van der Waals surface area contributed by atoms with E-state index in [2.05, 4.69) is 17.4 Å². The molecule has 1 heterocycles. The molecule has 2 aromatic rings. The second kappa shape index (κ2) is 6.78. The Labute approximate surface area is 122 Å². The maximum atomic E-state index is 10.7. The predicted molar refractivity (Wildman–Crippen MR) is 77.6 cm³/mol. The predicted octanol–water partition coefficient (Wildman–Crippen LogP) is 3.16. The Kier molecular flexibility index (Phi) is 4.81. The Morgan fingerprint density at radius 3 is 2.95 bits per heavy atom. The van der Waals surface area contributed by atoms with Crippen LogP contribution in [0.2, 0.25) is 0 Å². The summed E-state index contributed by atoms with van der Waals surface area (Å²) in [6.45, 7) is 4.44. The van der Waals surface area contributed by atoms with Crippen molar-refractivity contribution in [1.29, 1.82) is 0 Å². The Hall–Kier alpha value is -2.50. The van der Waals surface area contributed by atoms with Gasteiger partial charge in [-0.05, 0) is 25.5 Å². The molecular formula is C15H18N2O4. The van der Waals surface area contributed by atoms with E-state index < -0.39 is 5.97 Å². The van der Waals surface area contributed by atoms with Crippen LogP contribution in [0.4, 0.5) is 5.69 Å². The minimum Gasteiger partial charge on any atom is -0.491 e. The number of aromatic carboxylic acids is 1. The lowest BCUT2D eigenvalue weighted by Crippen LogP contribution is -2.09. The standard InChI is InChI=1S/C15H18N2O4/c1-3-10(2)20-12-6-4-5-11(7-12)16-9-13-8-14(15(18)19)17-21-13/h4-8,10,16H,3,9H2,1-2H3,(H,18,19). The first-order chi connectivity index (χ1) is 10.1. The molecule has 1 atom stereocenters. The molecule has 0 amide bonds. The summed E-state index contributed by atoms with van der Waals surface area (Å²) in [4.78, 5) is 10.7. The molecule has 0 aliphatic heterocycles. The smallest absolute Gasteiger partial charge is 0.358 e. The lowest BCUT2D eigenvalue weighted by atomic mass is 10.2. The van der Waals surface area contributed by atoms with Crippen molar-refractivity contribution in [2.45, 2.75) is 32.9 Å². The Morgan fingerprint density at radius 1 is 1.48 bits per heavy atom. The summed E-state index contributed by atoms with van der Waals surface area (Å²) >= 11 is 0. The topological polar surface area (TPSA) is 84.6 Å². The summed E-state index contributed by atoms with van der Waals surface area (Å²) in [6.07, 6.45) is 1.10. The average molecular weight is 290 g/mol. The van der Waals surface area contributed by atoms with Crippen molar-refractivity contribution in [3.8, 4) is 5.75 Å². The van der Waals surface area contributed by atoms with Crippen molar-refractivity contribution in [2.24, 2.45) is 0 Å². The first-order valence-electron chi connectivity index (χ1n) is 6.78. The van der Waals surface area contributed by atoms with Crippen LogP contribution in [0, 0.1) is 0 Å². The summed E-state index contributed by atoms with van der Waals surface area (Å²) in [6, 6.07) is 8.98. The minimum absolute atomic E-state index is 0.0966. The number of anilines is 1. The van der Waals surface area contributed by atoms with Gasteiger partial charge in [-0.2, -0.15) is 0 Å². The summed E-state index contributed by atoms with van der Waals surface area (Å²) in [7, 11) is 0. The van der Waals surface area contributed by atoms with Crippen molar-refractivity contribution in [2.75, 3.05) is 5.32 Å². The molecule has 0 aliphatic rings. The van der Waals surface area contributed by atoms with Crippen LogP contribution in [0.5, 0.6) is 5.75 Å². The number of ether oxygens (including phenoxy) is 1. The number of carbonyl (C=O) groups is 1. The molecule has 0 radical (unpaired) electrons. The SMILES string of the molecule is CCC(C)Oc1cccc(NCc2cc(C(=O)O)no2)c1. The van der Waals surface area contributed by atoms with Gasteiger partial charge in [0.05, 0.1) is 12.6 Å². The van der Waals surface area contributed by atoms with Gasteiger partial charge in [-0.25, -0.2) is 4.79 Å². The van der Waals surface area contributed by atoms with E-state index in [-0.39, 0.29) is 11.8 Å². The van der Waals surface area contributed by atoms with E-state index in [4.69, 9.17) is 14.4 Å².